The van der Waals surface area contributed by atoms with Gasteiger partial charge < -0.3 is 10.1 Å². The average Bonchev–Trinajstić information content (AvgIpc) is 2.32. The highest BCUT2D eigenvalue weighted by Crippen LogP contribution is 2.29. The van der Waals surface area contributed by atoms with Gasteiger partial charge in [-0.25, -0.2) is 0 Å². The molecule has 1 N–H and O–H groups in total. The molecule has 0 radical (unpaired) electrons. The summed E-state index contributed by atoms with van der Waals surface area (Å²) in [4.78, 5) is 12.5. The first-order valence-corrected chi connectivity index (χ1v) is 6.19. The number of nitrogens with one attached hydrogen (secondary N) is 1. The molecule has 0 bridgehead atoms. The zero-order valence-electron chi connectivity index (χ0n) is 9.07. The molecular weight excluding hydrogens is 258 g/mol. The van der Waals surface area contributed by atoms with Gasteiger partial charge in [0.1, 0.15) is 10.7 Å². The fourth-order valence-corrected chi connectivity index (χ4v) is 2.12. The number of amides is 1. The highest BCUT2D eigenvalue weighted by molar-refractivity contribution is 8.06. The predicted octanol–water partition coefficient (Wildman–Crippen LogP) is 3.74. The molecule has 1 heterocycles. The Bertz CT molecular complexity index is 511. The predicted molar refractivity (Wildman–Crippen MR) is 70.6 cm³/mol. The van der Waals surface area contributed by atoms with Gasteiger partial charge in [-0.15, -0.1) is 0 Å². The van der Waals surface area contributed by atoms with E-state index in [2.05, 4.69) is 5.32 Å². The Kier molecular flexibility index (Phi) is 3.76. The molecule has 88 valence electrons. The first-order chi connectivity index (χ1) is 8.18. The minimum absolute atomic E-state index is 0.218. The number of benzene rings is 1. The number of hydrogen-bond donors (Lipinski definition) is 1. The van der Waals surface area contributed by atoms with Gasteiger partial charge in [-0.1, -0.05) is 35.5 Å². The van der Waals surface area contributed by atoms with Crippen LogP contribution in [0.5, 0.6) is 0 Å². The molecular formula is C12H10ClNO2S. The van der Waals surface area contributed by atoms with E-state index < -0.39 is 0 Å². The van der Waals surface area contributed by atoms with Crippen molar-refractivity contribution in [3.8, 4) is 0 Å². The zero-order valence-corrected chi connectivity index (χ0v) is 10.6. The topological polar surface area (TPSA) is 38.3 Å². The summed E-state index contributed by atoms with van der Waals surface area (Å²) in [6.07, 6.45) is 1.55. The normalized spacial score (nSPS) is 14.5. The van der Waals surface area contributed by atoms with Crippen molar-refractivity contribution in [1.29, 1.82) is 0 Å². The Morgan fingerprint density at radius 2 is 2.18 bits per heavy atom. The summed E-state index contributed by atoms with van der Waals surface area (Å²) in [5.74, 6) is 0.368. The van der Waals surface area contributed by atoms with E-state index in [1.807, 2.05) is 12.1 Å². The molecule has 0 atom stereocenters. The summed E-state index contributed by atoms with van der Waals surface area (Å²) in [5.41, 5.74) is 0.592. The van der Waals surface area contributed by atoms with E-state index in [0.29, 0.717) is 21.4 Å². The number of anilines is 1. The first-order valence-electron chi connectivity index (χ1n) is 4.93. The highest BCUT2D eigenvalue weighted by Gasteiger charge is 2.17. The van der Waals surface area contributed by atoms with Crippen LogP contribution in [0.15, 0.2) is 46.6 Å². The van der Waals surface area contributed by atoms with Crippen molar-refractivity contribution in [2.45, 2.75) is 6.92 Å². The van der Waals surface area contributed by atoms with Crippen LogP contribution in [-0.4, -0.2) is 5.91 Å². The molecule has 17 heavy (non-hydrogen) atoms. The third-order valence-corrected chi connectivity index (χ3v) is 3.42. The van der Waals surface area contributed by atoms with Crippen molar-refractivity contribution < 1.29 is 9.53 Å². The number of hydrogen-bond acceptors (Lipinski definition) is 3. The lowest BCUT2D eigenvalue weighted by Crippen LogP contribution is -2.15. The number of allylic oxidation sites excluding steroid dienone is 1. The number of halogens is 1. The molecule has 1 aliphatic heterocycles. The second kappa shape index (κ2) is 5.29. The van der Waals surface area contributed by atoms with Crippen molar-refractivity contribution >= 4 is 35.0 Å². The lowest BCUT2D eigenvalue weighted by Gasteiger charge is -2.13. The molecule has 0 spiro atoms. The Labute approximate surface area is 108 Å². The van der Waals surface area contributed by atoms with Crippen molar-refractivity contribution in [2.24, 2.45) is 0 Å². The number of ether oxygens (including phenoxy) is 1. The molecule has 0 saturated carbocycles. The Hall–Kier alpha value is -1.39. The molecule has 1 aromatic carbocycles. The standard InChI is InChI=1S/C12H10ClNO2S/c1-8-11(17-7-6-16-8)12(15)14-10-5-3-2-4-9(10)13/h2-7H,1H3,(H,14,15). The van der Waals surface area contributed by atoms with Crippen LogP contribution < -0.4 is 5.32 Å². The van der Waals surface area contributed by atoms with Gasteiger partial charge in [-0.05, 0) is 19.1 Å². The van der Waals surface area contributed by atoms with Crippen LogP contribution in [0.3, 0.4) is 0 Å². The molecule has 2 rings (SSSR count). The number of para-hydroxylation sites is 1. The van der Waals surface area contributed by atoms with Crippen molar-refractivity contribution in [3.63, 3.8) is 0 Å². The van der Waals surface area contributed by atoms with Crippen LogP contribution in [0.25, 0.3) is 0 Å². The fourth-order valence-electron chi connectivity index (χ4n) is 1.32. The smallest absolute Gasteiger partial charge is 0.265 e. The molecule has 0 fully saturated rings. The summed E-state index contributed by atoms with van der Waals surface area (Å²) in [6, 6.07) is 7.10. The van der Waals surface area contributed by atoms with Crippen molar-refractivity contribution in [1.82, 2.24) is 0 Å². The van der Waals surface area contributed by atoms with Crippen LogP contribution in [0, 0.1) is 0 Å². The molecule has 0 aromatic heterocycles. The lowest BCUT2D eigenvalue weighted by atomic mass is 10.3. The zero-order chi connectivity index (χ0) is 12.3. The first kappa shape index (κ1) is 12.1. The second-order valence-electron chi connectivity index (χ2n) is 3.33. The van der Waals surface area contributed by atoms with Crippen molar-refractivity contribution in [2.75, 3.05) is 5.32 Å². The Morgan fingerprint density at radius 1 is 1.41 bits per heavy atom. The summed E-state index contributed by atoms with van der Waals surface area (Å²) < 4.78 is 5.16. The quantitative estimate of drug-likeness (QED) is 0.887. The van der Waals surface area contributed by atoms with E-state index in [9.17, 15) is 4.79 Å². The number of thioether (sulfide) groups is 1. The largest absolute Gasteiger partial charge is 0.468 e. The molecule has 0 unspecified atom stereocenters. The number of carbonyl (C=O) groups excluding carboxylic acids is 1. The minimum Gasteiger partial charge on any atom is -0.468 e. The van der Waals surface area contributed by atoms with Gasteiger partial charge in [-0.2, -0.15) is 0 Å². The summed E-state index contributed by atoms with van der Waals surface area (Å²) in [5, 5.41) is 4.97. The van der Waals surface area contributed by atoms with Gasteiger partial charge in [-0.3, -0.25) is 4.79 Å². The monoisotopic (exact) mass is 267 g/mol. The van der Waals surface area contributed by atoms with Crippen LogP contribution in [0.1, 0.15) is 6.92 Å². The fraction of sp³-hybridized carbons (Fsp3) is 0.0833. The number of rotatable bonds is 2. The third kappa shape index (κ3) is 2.84. The maximum Gasteiger partial charge on any atom is 0.265 e. The molecule has 0 aliphatic carbocycles. The summed E-state index contributed by atoms with van der Waals surface area (Å²) in [6.45, 7) is 1.75. The molecule has 5 heteroatoms. The van der Waals surface area contributed by atoms with Gasteiger partial charge in [0.05, 0.1) is 17.0 Å². The molecule has 1 aliphatic rings. The molecule has 3 nitrogen and oxygen atoms in total. The lowest BCUT2D eigenvalue weighted by molar-refractivity contribution is -0.112. The van der Waals surface area contributed by atoms with Crippen LogP contribution >= 0.6 is 23.4 Å². The molecule has 1 aromatic rings. The maximum atomic E-state index is 12.0. The van der Waals surface area contributed by atoms with E-state index in [0.717, 1.165) is 0 Å². The van der Waals surface area contributed by atoms with Crippen LogP contribution in [0.2, 0.25) is 5.02 Å². The van der Waals surface area contributed by atoms with Crippen LogP contribution in [0.4, 0.5) is 5.69 Å². The molecule has 0 saturated heterocycles. The van der Waals surface area contributed by atoms with E-state index in [4.69, 9.17) is 16.3 Å². The Morgan fingerprint density at radius 3 is 2.88 bits per heavy atom. The van der Waals surface area contributed by atoms with E-state index in [1.54, 1.807) is 30.7 Å². The highest BCUT2D eigenvalue weighted by atomic mass is 35.5. The van der Waals surface area contributed by atoms with Gasteiger partial charge in [0, 0.05) is 5.41 Å². The van der Waals surface area contributed by atoms with E-state index >= 15 is 0 Å². The third-order valence-electron chi connectivity index (χ3n) is 2.13. The minimum atomic E-state index is -0.218. The van der Waals surface area contributed by atoms with Gasteiger partial charge in [0.2, 0.25) is 0 Å². The number of carbonyl (C=O) groups is 1. The van der Waals surface area contributed by atoms with Crippen molar-refractivity contribution in [3.05, 3.63) is 51.6 Å². The Balaban J connectivity index is 2.15. The summed E-state index contributed by atoms with van der Waals surface area (Å²) >= 11 is 7.28. The van der Waals surface area contributed by atoms with Gasteiger partial charge in [0.15, 0.2) is 0 Å². The SMILES string of the molecule is CC1=C(C(=O)Nc2ccccc2Cl)SC=CO1. The van der Waals surface area contributed by atoms with Gasteiger partial charge >= 0.3 is 0 Å². The summed E-state index contributed by atoms with van der Waals surface area (Å²) in [7, 11) is 0. The van der Waals surface area contributed by atoms with E-state index in [-0.39, 0.29) is 5.91 Å². The second-order valence-corrected chi connectivity index (χ2v) is 4.65. The van der Waals surface area contributed by atoms with Gasteiger partial charge in [0.25, 0.3) is 5.91 Å². The maximum absolute atomic E-state index is 12.0. The van der Waals surface area contributed by atoms with Crippen LogP contribution in [-0.2, 0) is 9.53 Å². The van der Waals surface area contributed by atoms with E-state index in [1.165, 1.54) is 11.8 Å². The average molecular weight is 268 g/mol. The molecule has 1 amide bonds.